The van der Waals surface area contributed by atoms with E-state index in [4.69, 9.17) is 9.47 Å². The fourth-order valence-corrected chi connectivity index (χ4v) is 4.60. The van der Waals surface area contributed by atoms with Crippen LogP contribution in [0.5, 0.6) is 0 Å². The molecule has 0 heterocycles. The number of carbonyl (C=O) groups excluding carboxylic acids is 2. The van der Waals surface area contributed by atoms with Crippen molar-refractivity contribution in [1.82, 2.24) is 0 Å². The normalized spacial score (nSPS) is 23.5. The highest BCUT2D eigenvalue weighted by Crippen LogP contribution is 2.49. The van der Waals surface area contributed by atoms with Crippen molar-refractivity contribution in [1.29, 1.82) is 0 Å². The number of esters is 2. The molecule has 0 saturated carbocycles. The number of fused-ring (bicyclic) bond motifs is 1. The Balaban J connectivity index is 1.53. The van der Waals surface area contributed by atoms with Gasteiger partial charge in [-0.1, -0.05) is 79.2 Å². The summed E-state index contributed by atoms with van der Waals surface area (Å²) in [6, 6.07) is 26.1. The van der Waals surface area contributed by atoms with Crippen molar-refractivity contribution in [3.05, 3.63) is 119 Å². The van der Waals surface area contributed by atoms with Gasteiger partial charge in [0.25, 0.3) is 0 Å². The van der Waals surface area contributed by atoms with Crippen LogP contribution in [0.3, 0.4) is 0 Å². The summed E-state index contributed by atoms with van der Waals surface area (Å²) >= 11 is 0. The lowest BCUT2D eigenvalue weighted by molar-refractivity contribution is -0.0531. The van der Waals surface area contributed by atoms with Gasteiger partial charge in [0.1, 0.15) is 6.10 Å². The Kier molecular flexibility index (Phi) is 5.36. The van der Waals surface area contributed by atoms with E-state index in [0.717, 1.165) is 17.5 Å². The first-order valence-corrected chi connectivity index (χ1v) is 10.9. The molecule has 4 nitrogen and oxygen atoms in total. The number of hydrogen-bond donors (Lipinski definition) is 0. The van der Waals surface area contributed by atoms with E-state index in [1.54, 1.807) is 36.4 Å². The molecular weight excluding hydrogens is 400 g/mol. The van der Waals surface area contributed by atoms with Gasteiger partial charge in [0.15, 0.2) is 6.10 Å². The van der Waals surface area contributed by atoms with Crippen LogP contribution in [0.4, 0.5) is 0 Å². The van der Waals surface area contributed by atoms with Crippen molar-refractivity contribution in [3.63, 3.8) is 0 Å². The van der Waals surface area contributed by atoms with Crippen LogP contribution in [0.25, 0.3) is 0 Å². The average molecular weight is 424 g/mol. The Morgan fingerprint density at radius 2 is 1.16 bits per heavy atom. The molecule has 4 heteroatoms. The van der Waals surface area contributed by atoms with Gasteiger partial charge in [-0.05, 0) is 41.8 Å². The van der Waals surface area contributed by atoms with Gasteiger partial charge in [-0.3, -0.25) is 0 Å². The molecule has 0 radical (unpaired) electrons. The van der Waals surface area contributed by atoms with E-state index in [9.17, 15) is 9.59 Å². The zero-order valence-electron chi connectivity index (χ0n) is 17.8. The lowest BCUT2D eigenvalue weighted by atomic mass is 9.72. The van der Waals surface area contributed by atoms with Gasteiger partial charge >= 0.3 is 11.9 Å². The second-order valence-corrected chi connectivity index (χ2v) is 8.35. The Morgan fingerprint density at radius 3 is 1.69 bits per heavy atom. The molecule has 0 saturated heterocycles. The third-order valence-corrected chi connectivity index (χ3v) is 6.31. The SMILES string of the molecule is CC1c2ccccc2C(C2=CC2)[C@H](OC(=O)c2ccccc2)[C@@H]1OC(=O)c1ccccc1. The third-order valence-electron chi connectivity index (χ3n) is 6.31. The number of ether oxygens (including phenoxy) is 2. The van der Waals surface area contributed by atoms with E-state index in [0.29, 0.717) is 11.1 Å². The standard InChI is InChI=1S/C28H24O4/c1-18-22-14-8-9-15-23(22)24(19-16-17-19)26(32-28(30)21-12-6-3-7-13-21)25(18)31-27(29)20-10-4-2-5-11-20/h2-16,18,24-26H,17H2,1H3/t18?,24?,25-,26+/m1/s1. The summed E-state index contributed by atoms with van der Waals surface area (Å²) in [5, 5.41) is 0. The minimum Gasteiger partial charge on any atom is -0.454 e. The van der Waals surface area contributed by atoms with Gasteiger partial charge in [0.05, 0.1) is 11.1 Å². The van der Waals surface area contributed by atoms with Crippen molar-refractivity contribution in [2.75, 3.05) is 0 Å². The van der Waals surface area contributed by atoms with Gasteiger partial charge in [-0.15, -0.1) is 0 Å². The van der Waals surface area contributed by atoms with Gasteiger partial charge in [-0.2, -0.15) is 0 Å². The van der Waals surface area contributed by atoms with E-state index < -0.39 is 24.1 Å². The summed E-state index contributed by atoms with van der Waals surface area (Å²) in [5.74, 6) is -1.06. The summed E-state index contributed by atoms with van der Waals surface area (Å²) in [6.45, 7) is 2.03. The topological polar surface area (TPSA) is 52.6 Å². The first-order valence-electron chi connectivity index (χ1n) is 10.9. The number of rotatable bonds is 5. The van der Waals surface area contributed by atoms with Crippen molar-refractivity contribution in [2.45, 2.75) is 37.4 Å². The molecule has 0 aliphatic heterocycles. The van der Waals surface area contributed by atoms with E-state index in [2.05, 4.69) is 18.2 Å². The number of carbonyl (C=O) groups is 2. The van der Waals surface area contributed by atoms with Gasteiger partial charge in [0, 0.05) is 11.8 Å². The van der Waals surface area contributed by atoms with Crippen LogP contribution in [0.2, 0.25) is 0 Å². The molecule has 2 aliphatic rings. The quantitative estimate of drug-likeness (QED) is 0.391. The maximum atomic E-state index is 13.0. The van der Waals surface area contributed by atoms with Gasteiger partial charge in [-0.25, -0.2) is 9.59 Å². The van der Waals surface area contributed by atoms with Gasteiger partial charge < -0.3 is 9.47 Å². The van der Waals surface area contributed by atoms with Crippen molar-refractivity contribution >= 4 is 11.9 Å². The summed E-state index contributed by atoms with van der Waals surface area (Å²) in [5.41, 5.74) is 4.45. The molecule has 0 N–H and O–H groups in total. The molecule has 0 bridgehead atoms. The predicted molar refractivity (Wildman–Crippen MR) is 122 cm³/mol. The van der Waals surface area contributed by atoms with E-state index in [-0.39, 0.29) is 11.8 Å². The monoisotopic (exact) mass is 424 g/mol. The highest BCUT2D eigenvalue weighted by Gasteiger charge is 2.48. The molecule has 2 aliphatic carbocycles. The smallest absolute Gasteiger partial charge is 0.338 e. The average Bonchev–Trinajstić information content (AvgIpc) is 3.68. The van der Waals surface area contributed by atoms with Crippen LogP contribution in [0.15, 0.2) is 96.6 Å². The van der Waals surface area contributed by atoms with Crippen LogP contribution in [-0.2, 0) is 9.47 Å². The fourth-order valence-electron chi connectivity index (χ4n) is 4.60. The first kappa shape index (κ1) is 20.3. The number of allylic oxidation sites excluding steroid dienone is 1. The largest absolute Gasteiger partial charge is 0.454 e. The minimum atomic E-state index is -0.603. The highest BCUT2D eigenvalue weighted by atomic mass is 16.6. The second kappa shape index (κ2) is 8.46. The lowest BCUT2D eigenvalue weighted by Gasteiger charge is -2.41. The van der Waals surface area contributed by atoms with Crippen LogP contribution in [-0.4, -0.2) is 24.1 Å². The fraction of sp³-hybridized carbons (Fsp3) is 0.214. The molecule has 0 fully saturated rings. The molecule has 0 amide bonds. The molecule has 160 valence electrons. The minimum absolute atomic E-state index is 0.122. The van der Waals surface area contributed by atoms with Crippen LogP contribution in [0.1, 0.15) is 57.0 Å². The molecule has 3 aromatic rings. The molecule has 4 atom stereocenters. The number of benzene rings is 3. The Labute approximate surface area is 187 Å². The maximum Gasteiger partial charge on any atom is 0.338 e. The Hall–Kier alpha value is -3.66. The second-order valence-electron chi connectivity index (χ2n) is 8.35. The highest BCUT2D eigenvalue weighted by molar-refractivity contribution is 5.90. The Morgan fingerprint density at radius 1 is 0.688 bits per heavy atom. The number of hydrogen-bond acceptors (Lipinski definition) is 4. The summed E-state index contributed by atoms with van der Waals surface area (Å²) in [4.78, 5) is 26.0. The summed E-state index contributed by atoms with van der Waals surface area (Å²) in [6.07, 6.45) is 1.83. The van der Waals surface area contributed by atoms with Crippen molar-refractivity contribution in [3.8, 4) is 0 Å². The van der Waals surface area contributed by atoms with Crippen LogP contribution >= 0.6 is 0 Å². The van der Waals surface area contributed by atoms with E-state index in [1.165, 1.54) is 5.57 Å². The van der Waals surface area contributed by atoms with E-state index >= 15 is 0 Å². The van der Waals surface area contributed by atoms with E-state index in [1.807, 2.05) is 43.3 Å². The summed E-state index contributed by atoms with van der Waals surface area (Å²) < 4.78 is 12.2. The van der Waals surface area contributed by atoms with Crippen molar-refractivity contribution < 1.29 is 19.1 Å². The summed E-state index contributed by atoms with van der Waals surface area (Å²) in [7, 11) is 0. The molecule has 0 aromatic heterocycles. The third kappa shape index (κ3) is 3.84. The van der Waals surface area contributed by atoms with Crippen molar-refractivity contribution in [2.24, 2.45) is 0 Å². The van der Waals surface area contributed by atoms with Crippen LogP contribution in [0, 0.1) is 0 Å². The first-order chi connectivity index (χ1) is 15.6. The lowest BCUT2D eigenvalue weighted by Crippen LogP contribution is -2.46. The molecule has 3 aromatic carbocycles. The van der Waals surface area contributed by atoms with Crippen LogP contribution < -0.4 is 0 Å². The molecular formula is C28H24O4. The van der Waals surface area contributed by atoms with Gasteiger partial charge in [0.2, 0.25) is 0 Å². The zero-order chi connectivity index (χ0) is 22.1. The molecule has 32 heavy (non-hydrogen) atoms. The maximum absolute atomic E-state index is 13.0. The zero-order valence-corrected chi connectivity index (χ0v) is 17.8. The Bertz CT molecular complexity index is 1170. The predicted octanol–water partition coefficient (Wildman–Crippen LogP) is 5.67. The molecule has 2 unspecified atom stereocenters. The molecule has 0 spiro atoms. The molecule has 5 rings (SSSR count).